The van der Waals surface area contributed by atoms with E-state index >= 15 is 0 Å². The van der Waals surface area contributed by atoms with E-state index in [9.17, 15) is 14.7 Å². The Hall–Kier alpha value is -3.92. The van der Waals surface area contributed by atoms with Crippen LogP contribution in [0.5, 0.6) is 5.75 Å². The molecule has 42 heavy (non-hydrogen) atoms. The molecule has 0 aliphatic rings. The van der Waals surface area contributed by atoms with Gasteiger partial charge >= 0.3 is 0 Å². The first-order valence-electron chi connectivity index (χ1n) is 14.6. The fourth-order valence-electron chi connectivity index (χ4n) is 4.49. The van der Waals surface area contributed by atoms with E-state index in [0.29, 0.717) is 48.7 Å². The number of aliphatic hydroxyl groups excluding tert-OH is 1. The van der Waals surface area contributed by atoms with Gasteiger partial charge in [0.05, 0.1) is 11.8 Å². The summed E-state index contributed by atoms with van der Waals surface area (Å²) in [6, 6.07) is 22.5. The van der Waals surface area contributed by atoms with Gasteiger partial charge in [-0.2, -0.15) is 0 Å². The molecule has 0 spiro atoms. The summed E-state index contributed by atoms with van der Waals surface area (Å²) in [7, 11) is 1.99. The lowest BCUT2D eigenvalue weighted by molar-refractivity contribution is -0.105. The van der Waals surface area contributed by atoms with Gasteiger partial charge in [0.15, 0.2) is 0 Å². The number of carbonyl (C=O) groups excluding carboxylic acids is 2. The highest BCUT2D eigenvalue weighted by atomic mass is 16.5. The average molecular weight is 577 g/mol. The maximum atomic E-state index is 11.4. The van der Waals surface area contributed by atoms with Gasteiger partial charge in [-0.3, -0.25) is 9.59 Å². The topological polar surface area (TPSA) is 126 Å². The van der Waals surface area contributed by atoms with E-state index < -0.39 is 12.0 Å². The van der Waals surface area contributed by atoms with Gasteiger partial charge in [0.2, 0.25) is 12.3 Å². The van der Waals surface area contributed by atoms with Crippen LogP contribution < -0.4 is 26.0 Å². The summed E-state index contributed by atoms with van der Waals surface area (Å²) in [5.74, 6) is 0.135. The van der Waals surface area contributed by atoms with Gasteiger partial charge in [-0.15, -0.1) is 0 Å². The number of unbranched alkanes of at least 4 members (excludes halogenated alkanes) is 3. The van der Waals surface area contributed by atoms with Gasteiger partial charge < -0.3 is 35.8 Å². The number of benzene rings is 3. The minimum absolute atomic E-state index is 0.387. The zero-order valence-corrected chi connectivity index (χ0v) is 24.5. The van der Waals surface area contributed by atoms with E-state index in [2.05, 4.69) is 15.5 Å². The monoisotopic (exact) mass is 576 g/mol. The first-order chi connectivity index (χ1) is 20.5. The number of nitrogens with two attached hydrogens (primary N) is 1. The fourth-order valence-corrected chi connectivity index (χ4v) is 4.49. The van der Waals surface area contributed by atoms with Crippen LogP contribution in [0.3, 0.4) is 0 Å². The molecular weight excluding hydrogens is 532 g/mol. The second-order valence-corrected chi connectivity index (χ2v) is 10.2. The van der Waals surface area contributed by atoms with Crippen molar-refractivity contribution in [3.8, 4) is 5.75 Å². The number of hydrogen-bond donors (Lipinski definition) is 4. The molecule has 3 rings (SSSR count). The molecule has 0 radical (unpaired) electrons. The minimum atomic E-state index is -0.695. The molecule has 9 nitrogen and oxygen atoms in total. The molecule has 3 aromatic rings. The molecule has 0 aliphatic carbocycles. The van der Waals surface area contributed by atoms with E-state index in [1.807, 2.05) is 61.6 Å². The Morgan fingerprint density at radius 3 is 2.55 bits per heavy atom. The molecule has 0 heterocycles. The van der Waals surface area contributed by atoms with Crippen molar-refractivity contribution in [2.75, 3.05) is 50.1 Å². The normalized spacial score (nSPS) is 11.6. The van der Waals surface area contributed by atoms with Gasteiger partial charge in [-0.05, 0) is 67.3 Å². The van der Waals surface area contributed by atoms with Crippen LogP contribution in [0.1, 0.15) is 59.7 Å². The highest BCUT2D eigenvalue weighted by Gasteiger charge is 2.12. The predicted octanol–water partition coefficient (Wildman–Crippen LogP) is 4.66. The van der Waals surface area contributed by atoms with Crippen LogP contribution in [0.4, 0.5) is 11.4 Å². The largest absolute Gasteiger partial charge is 0.487 e. The summed E-state index contributed by atoms with van der Waals surface area (Å²) in [5.41, 5.74) is 9.11. The molecule has 2 amide bonds. The van der Waals surface area contributed by atoms with E-state index in [-0.39, 0.29) is 0 Å². The van der Waals surface area contributed by atoms with Crippen molar-refractivity contribution in [3.05, 3.63) is 89.5 Å². The van der Waals surface area contributed by atoms with Gasteiger partial charge in [-0.1, -0.05) is 55.3 Å². The molecule has 1 atom stereocenters. The zero-order chi connectivity index (χ0) is 30.0. The fraction of sp³-hybridized carbons (Fsp3) is 0.394. The molecular formula is C33H44N4O5. The molecule has 0 unspecified atom stereocenters. The Labute approximate surface area is 249 Å². The Balaban J connectivity index is 1.23. The number of anilines is 2. The van der Waals surface area contributed by atoms with Crippen LogP contribution >= 0.6 is 0 Å². The van der Waals surface area contributed by atoms with Gasteiger partial charge in [0.25, 0.3) is 0 Å². The molecule has 0 saturated heterocycles. The van der Waals surface area contributed by atoms with Crippen LogP contribution in [0.25, 0.3) is 0 Å². The summed E-state index contributed by atoms with van der Waals surface area (Å²) in [5, 5.41) is 16.6. The number of primary amides is 1. The Kier molecular flexibility index (Phi) is 14.4. The van der Waals surface area contributed by atoms with Crippen molar-refractivity contribution in [2.24, 2.45) is 5.73 Å². The highest BCUT2D eigenvalue weighted by molar-refractivity contribution is 5.93. The quantitative estimate of drug-likeness (QED) is 0.107. The van der Waals surface area contributed by atoms with Crippen LogP contribution in [0.15, 0.2) is 72.8 Å². The van der Waals surface area contributed by atoms with E-state index in [4.69, 9.17) is 15.2 Å². The maximum Gasteiger partial charge on any atom is 0.248 e. The Morgan fingerprint density at radius 1 is 0.976 bits per heavy atom. The van der Waals surface area contributed by atoms with Crippen LogP contribution in [0, 0.1) is 0 Å². The standard InChI is InChI=1S/C33H44N4O5/c1-37(29-14-9-13-28(21-29)33(34)40)18-10-20-41-19-8-3-2-7-17-35-23-31(39)27-15-16-32(30(22-27)36-25-38)42-24-26-11-5-4-6-12-26/h4-6,9,11-16,21-22,25,31,35,39H,2-3,7-8,10,17-20,23-24H2,1H3,(H2,34,40)(H,36,38)/t31-/m1/s1. The summed E-state index contributed by atoms with van der Waals surface area (Å²) in [6.45, 7) is 3.91. The van der Waals surface area contributed by atoms with Gasteiger partial charge in [-0.25, -0.2) is 0 Å². The highest BCUT2D eigenvalue weighted by Crippen LogP contribution is 2.29. The molecule has 9 heteroatoms. The lowest BCUT2D eigenvalue weighted by atomic mass is 10.1. The van der Waals surface area contributed by atoms with Crippen LogP contribution in [-0.2, 0) is 16.1 Å². The number of nitrogens with zero attached hydrogens (tertiary/aromatic N) is 1. The lowest BCUT2D eigenvalue weighted by Gasteiger charge is -2.19. The summed E-state index contributed by atoms with van der Waals surface area (Å²) >= 11 is 0. The third kappa shape index (κ3) is 11.5. The molecule has 3 aromatic carbocycles. The number of nitrogens with one attached hydrogen (secondary N) is 2. The molecule has 0 bridgehead atoms. The molecule has 0 saturated carbocycles. The molecule has 5 N–H and O–H groups in total. The molecule has 0 fully saturated rings. The smallest absolute Gasteiger partial charge is 0.248 e. The number of carbonyl (C=O) groups is 2. The first kappa shape index (κ1) is 32.6. The molecule has 226 valence electrons. The predicted molar refractivity (Wildman–Crippen MR) is 167 cm³/mol. The van der Waals surface area contributed by atoms with Crippen LogP contribution in [-0.4, -0.2) is 57.3 Å². The summed E-state index contributed by atoms with van der Waals surface area (Å²) in [6.07, 6.45) is 5.04. The van der Waals surface area contributed by atoms with E-state index in [1.165, 1.54) is 0 Å². The average Bonchev–Trinajstić information content (AvgIpc) is 3.01. The van der Waals surface area contributed by atoms with Crippen molar-refractivity contribution >= 4 is 23.7 Å². The van der Waals surface area contributed by atoms with Gasteiger partial charge in [0.1, 0.15) is 12.4 Å². The number of ether oxygens (including phenoxy) is 2. The second kappa shape index (κ2) is 18.5. The number of aliphatic hydroxyl groups is 1. The Bertz CT molecular complexity index is 1220. The van der Waals surface area contributed by atoms with E-state index in [1.54, 1.807) is 18.2 Å². The van der Waals surface area contributed by atoms with Crippen molar-refractivity contribution in [2.45, 2.75) is 44.8 Å². The Morgan fingerprint density at radius 2 is 1.76 bits per heavy atom. The zero-order valence-electron chi connectivity index (χ0n) is 24.5. The third-order valence-electron chi connectivity index (χ3n) is 6.92. The summed E-state index contributed by atoms with van der Waals surface area (Å²) < 4.78 is 11.7. The van der Waals surface area contributed by atoms with Crippen LogP contribution in [0.2, 0.25) is 0 Å². The second-order valence-electron chi connectivity index (χ2n) is 10.2. The van der Waals surface area contributed by atoms with Crippen molar-refractivity contribution < 1.29 is 24.2 Å². The molecule has 0 aromatic heterocycles. The van der Waals surface area contributed by atoms with Crippen molar-refractivity contribution in [3.63, 3.8) is 0 Å². The van der Waals surface area contributed by atoms with Crippen molar-refractivity contribution in [1.29, 1.82) is 0 Å². The summed E-state index contributed by atoms with van der Waals surface area (Å²) in [4.78, 5) is 24.6. The SMILES string of the molecule is CN(CCCOCCCCCCNC[C@@H](O)c1ccc(OCc2ccccc2)c(NC=O)c1)c1cccc(C(N)=O)c1. The van der Waals surface area contributed by atoms with Gasteiger partial charge in [0, 0.05) is 44.6 Å². The third-order valence-corrected chi connectivity index (χ3v) is 6.92. The molecule has 0 aliphatic heterocycles. The number of hydrogen-bond acceptors (Lipinski definition) is 7. The minimum Gasteiger partial charge on any atom is -0.487 e. The number of rotatable bonds is 21. The maximum absolute atomic E-state index is 11.4. The van der Waals surface area contributed by atoms with E-state index in [0.717, 1.165) is 63.1 Å². The number of amides is 2. The first-order valence-corrected chi connectivity index (χ1v) is 14.6. The van der Waals surface area contributed by atoms with Crippen molar-refractivity contribution in [1.82, 2.24) is 5.32 Å². The lowest BCUT2D eigenvalue weighted by Crippen LogP contribution is -2.22.